The van der Waals surface area contributed by atoms with Crippen LogP contribution in [0.4, 0.5) is 0 Å². The molecule has 0 atom stereocenters. The number of carbonyl (C=O) groups is 1. The fourth-order valence-corrected chi connectivity index (χ4v) is 2.40. The molecule has 2 rings (SSSR count). The second-order valence-electron chi connectivity index (χ2n) is 6.48. The number of rotatable bonds is 9. The van der Waals surface area contributed by atoms with Crippen molar-refractivity contribution in [2.24, 2.45) is 4.99 Å². The molecule has 0 unspecified atom stereocenters. The minimum absolute atomic E-state index is 0.148. The summed E-state index contributed by atoms with van der Waals surface area (Å²) in [6, 6.07) is 8.97. The normalized spacial score (nSPS) is 11.4. The number of hydrogen-bond donors (Lipinski definition) is 3. The molecule has 28 heavy (non-hydrogen) atoms. The van der Waals surface area contributed by atoms with Crippen LogP contribution in [0.25, 0.3) is 0 Å². The van der Waals surface area contributed by atoms with Crippen molar-refractivity contribution in [2.75, 3.05) is 26.7 Å². The van der Waals surface area contributed by atoms with Crippen LogP contribution < -0.4 is 20.7 Å². The van der Waals surface area contributed by atoms with Crippen molar-refractivity contribution in [1.82, 2.24) is 21.1 Å². The molecule has 152 valence electrons. The molecule has 0 fully saturated rings. The lowest BCUT2D eigenvalue weighted by Gasteiger charge is -2.11. The Kier molecular flexibility index (Phi) is 8.33. The lowest BCUT2D eigenvalue weighted by Crippen LogP contribution is -2.41. The minimum atomic E-state index is -0.148. The van der Waals surface area contributed by atoms with Crippen LogP contribution in [0, 0.1) is 0 Å². The van der Waals surface area contributed by atoms with E-state index in [4.69, 9.17) is 9.26 Å². The molecule has 0 bridgehead atoms. The Labute approximate surface area is 165 Å². The average molecular weight is 387 g/mol. The monoisotopic (exact) mass is 387 g/mol. The smallest absolute Gasteiger partial charge is 0.251 e. The van der Waals surface area contributed by atoms with Gasteiger partial charge in [-0.1, -0.05) is 25.1 Å². The molecule has 2 aromatic rings. The minimum Gasteiger partial charge on any atom is -0.497 e. The number of methoxy groups -OCH3 is 1. The van der Waals surface area contributed by atoms with Gasteiger partial charge in [-0.3, -0.25) is 4.79 Å². The van der Waals surface area contributed by atoms with Crippen LogP contribution in [0.2, 0.25) is 0 Å². The van der Waals surface area contributed by atoms with E-state index >= 15 is 0 Å². The maximum Gasteiger partial charge on any atom is 0.251 e. The van der Waals surface area contributed by atoms with Gasteiger partial charge in [-0.25, -0.2) is 4.99 Å². The Morgan fingerprint density at radius 2 is 2.00 bits per heavy atom. The summed E-state index contributed by atoms with van der Waals surface area (Å²) in [6.07, 6.45) is 0. The van der Waals surface area contributed by atoms with E-state index < -0.39 is 0 Å². The highest BCUT2D eigenvalue weighted by atomic mass is 16.5. The molecule has 0 aliphatic carbocycles. The highest BCUT2D eigenvalue weighted by molar-refractivity contribution is 5.94. The predicted molar refractivity (Wildman–Crippen MR) is 109 cm³/mol. The third kappa shape index (κ3) is 6.61. The molecule has 1 aromatic heterocycles. The Morgan fingerprint density at radius 3 is 2.68 bits per heavy atom. The summed E-state index contributed by atoms with van der Waals surface area (Å²) >= 11 is 0. The molecule has 1 aromatic carbocycles. The van der Waals surface area contributed by atoms with Gasteiger partial charge in [0.1, 0.15) is 12.3 Å². The molecule has 0 saturated heterocycles. The number of benzene rings is 1. The first-order valence-corrected chi connectivity index (χ1v) is 9.43. The van der Waals surface area contributed by atoms with Crippen LogP contribution in [-0.4, -0.2) is 43.8 Å². The first kappa shape index (κ1) is 21.3. The lowest BCUT2D eigenvalue weighted by molar-refractivity contribution is 0.0954. The van der Waals surface area contributed by atoms with Gasteiger partial charge in [0, 0.05) is 31.3 Å². The van der Waals surface area contributed by atoms with Crippen LogP contribution in [0.3, 0.4) is 0 Å². The van der Waals surface area contributed by atoms with Gasteiger partial charge in [-0.15, -0.1) is 0 Å². The maximum absolute atomic E-state index is 12.2. The zero-order chi connectivity index (χ0) is 20.4. The van der Waals surface area contributed by atoms with E-state index in [1.54, 1.807) is 31.4 Å². The second-order valence-corrected chi connectivity index (χ2v) is 6.48. The van der Waals surface area contributed by atoms with Crippen molar-refractivity contribution in [3.8, 4) is 5.75 Å². The molecule has 8 nitrogen and oxygen atoms in total. The molecule has 8 heteroatoms. The number of amides is 1. The Bertz CT molecular complexity index is 786. The third-order valence-corrected chi connectivity index (χ3v) is 3.94. The fraction of sp³-hybridized carbons (Fsp3) is 0.450. The molecule has 0 aliphatic rings. The molecular weight excluding hydrogens is 358 g/mol. The number of aliphatic imine (C=N–C) groups is 1. The summed E-state index contributed by atoms with van der Waals surface area (Å²) in [5, 5.41) is 13.3. The summed E-state index contributed by atoms with van der Waals surface area (Å²) in [4.78, 5) is 16.7. The zero-order valence-electron chi connectivity index (χ0n) is 16.9. The van der Waals surface area contributed by atoms with Crippen LogP contribution in [-0.2, 0) is 6.54 Å². The highest BCUT2D eigenvalue weighted by Gasteiger charge is 2.08. The van der Waals surface area contributed by atoms with Crippen molar-refractivity contribution in [2.45, 2.75) is 33.2 Å². The predicted octanol–water partition coefficient (Wildman–Crippen LogP) is 2.29. The first-order chi connectivity index (χ1) is 13.5. The molecule has 1 amide bonds. The zero-order valence-corrected chi connectivity index (χ0v) is 16.9. The van der Waals surface area contributed by atoms with Crippen molar-refractivity contribution < 1.29 is 14.1 Å². The maximum atomic E-state index is 12.2. The van der Waals surface area contributed by atoms with Gasteiger partial charge in [0.05, 0.1) is 12.8 Å². The summed E-state index contributed by atoms with van der Waals surface area (Å²) in [7, 11) is 1.57. The quantitative estimate of drug-likeness (QED) is 0.347. The number of nitrogens with one attached hydrogen (secondary N) is 3. The molecule has 0 radical (unpaired) electrons. The number of ether oxygens (including phenoxy) is 1. The van der Waals surface area contributed by atoms with E-state index in [0.29, 0.717) is 48.6 Å². The van der Waals surface area contributed by atoms with E-state index in [-0.39, 0.29) is 5.91 Å². The van der Waals surface area contributed by atoms with Crippen LogP contribution in [0.15, 0.2) is 39.8 Å². The Balaban J connectivity index is 1.81. The lowest BCUT2D eigenvalue weighted by atomic mass is 10.1. The van der Waals surface area contributed by atoms with Crippen molar-refractivity contribution in [3.05, 3.63) is 47.3 Å². The number of aromatic nitrogens is 1. The van der Waals surface area contributed by atoms with E-state index in [2.05, 4.69) is 39.9 Å². The second kappa shape index (κ2) is 11.0. The Hall–Kier alpha value is -3.03. The molecule has 3 N–H and O–H groups in total. The molecule has 0 aliphatic heterocycles. The van der Waals surface area contributed by atoms with Gasteiger partial charge in [0.15, 0.2) is 11.7 Å². The van der Waals surface area contributed by atoms with Crippen molar-refractivity contribution >= 4 is 11.9 Å². The number of carbonyl (C=O) groups excluding carboxylic acids is 1. The highest BCUT2D eigenvalue weighted by Crippen LogP contribution is 2.14. The van der Waals surface area contributed by atoms with Crippen molar-refractivity contribution in [3.63, 3.8) is 0 Å². The van der Waals surface area contributed by atoms with Gasteiger partial charge in [0.2, 0.25) is 0 Å². The van der Waals surface area contributed by atoms with Crippen LogP contribution in [0.1, 0.15) is 48.5 Å². The van der Waals surface area contributed by atoms with Gasteiger partial charge in [0.25, 0.3) is 5.91 Å². The van der Waals surface area contributed by atoms with E-state index in [0.717, 1.165) is 12.2 Å². The van der Waals surface area contributed by atoms with E-state index in [9.17, 15) is 4.79 Å². The SMILES string of the molecule is CCNC(=NCc1cc(C(C)C)no1)NCCNC(=O)c1cccc(OC)c1. The standard InChI is InChI=1S/C20H29N5O3/c1-5-21-20(24-13-17-12-18(14(2)3)25-28-17)23-10-9-22-19(26)15-7-6-8-16(11-15)27-4/h6-8,11-12,14H,5,9-10,13H2,1-4H3,(H,22,26)(H2,21,23,24). The summed E-state index contributed by atoms with van der Waals surface area (Å²) in [6.45, 7) is 8.25. The van der Waals surface area contributed by atoms with Gasteiger partial charge >= 0.3 is 0 Å². The fourth-order valence-electron chi connectivity index (χ4n) is 2.40. The molecule has 1 heterocycles. The van der Waals surface area contributed by atoms with E-state index in [1.807, 2.05) is 13.0 Å². The molecule has 0 saturated carbocycles. The first-order valence-electron chi connectivity index (χ1n) is 9.43. The number of nitrogens with zero attached hydrogens (tertiary/aromatic N) is 2. The van der Waals surface area contributed by atoms with Gasteiger partial charge in [-0.05, 0) is 31.0 Å². The number of hydrogen-bond acceptors (Lipinski definition) is 5. The Morgan fingerprint density at radius 1 is 1.21 bits per heavy atom. The van der Waals surface area contributed by atoms with Crippen LogP contribution in [0.5, 0.6) is 5.75 Å². The van der Waals surface area contributed by atoms with Gasteiger partial charge in [-0.2, -0.15) is 0 Å². The average Bonchev–Trinajstić information content (AvgIpc) is 3.18. The largest absolute Gasteiger partial charge is 0.497 e. The van der Waals surface area contributed by atoms with E-state index in [1.165, 1.54) is 0 Å². The molecular formula is C20H29N5O3. The summed E-state index contributed by atoms with van der Waals surface area (Å²) < 4.78 is 10.4. The summed E-state index contributed by atoms with van der Waals surface area (Å²) in [5.74, 6) is 2.19. The van der Waals surface area contributed by atoms with Gasteiger partial charge < -0.3 is 25.2 Å². The third-order valence-electron chi connectivity index (χ3n) is 3.94. The number of guanidine groups is 1. The van der Waals surface area contributed by atoms with Crippen molar-refractivity contribution in [1.29, 1.82) is 0 Å². The topological polar surface area (TPSA) is 101 Å². The summed E-state index contributed by atoms with van der Waals surface area (Å²) in [5.41, 5.74) is 1.48. The molecule has 0 spiro atoms. The van der Waals surface area contributed by atoms with Crippen LogP contribution >= 0.6 is 0 Å².